The van der Waals surface area contributed by atoms with E-state index in [4.69, 9.17) is 11.6 Å². The SMILES string of the molecule is CS(=O)(=O)N1C[C@H]2CN(c3ncc(Cl)cc3F)C[C@H]2[C@@H]1c1ccccc1. The van der Waals surface area contributed by atoms with E-state index in [0.717, 1.165) is 5.56 Å². The summed E-state index contributed by atoms with van der Waals surface area (Å²) >= 11 is 5.80. The predicted octanol–water partition coefficient (Wildman–Crippen LogP) is 2.94. The number of rotatable bonds is 3. The second-order valence-corrected chi connectivity index (χ2v) is 9.35. The van der Waals surface area contributed by atoms with Gasteiger partial charge in [-0.2, -0.15) is 4.31 Å². The minimum Gasteiger partial charge on any atom is -0.353 e. The fourth-order valence-corrected chi connectivity index (χ4v) is 5.52. The van der Waals surface area contributed by atoms with Gasteiger partial charge in [-0.1, -0.05) is 41.9 Å². The quantitative estimate of drug-likeness (QED) is 0.801. The molecule has 26 heavy (non-hydrogen) atoms. The van der Waals surface area contributed by atoms with E-state index in [2.05, 4.69) is 4.98 Å². The number of nitrogens with zero attached hydrogens (tertiary/aromatic N) is 3. The second kappa shape index (κ2) is 6.48. The molecule has 0 spiro atoms. The lowest BCUT2D eigenvalue weighted by Crippen LogP contribution is -2.35. The normalized spacial score (nSPS) is 26.3. The van der Waals surface area contributed by atoms with Crippen molar-refractivity contribution in [2.45, 2.75) is 6.04 Å². The molecule has 5 nitrogen and oxygen atoms in total. The molecule has 3 atom stereocenters. The van der Waals surface area contributed by atoms with Crippen molar-refractivity contribution in [1.29, 1.82) is 0 Å². The van der Waals surface area contributed by atoms with Crippen molar-refractivity contribution in [2.75, 3.05) is 30.8 Å². The Kier molecular flexibility index (Phi) is 4.41. The Morgan fingerprint density at radius 2 is 1.92 bits per heavy atom. The van der Waals surface area contributed by atoms with Crippen LogP contribution in [0.15, 0.2) is 42.6 Å². The molecule has 0 N–H and O–H groups in total. The monoisotopic (exact) mass is 395 g/mol. The lowest BCUT2D eigenvalue weighted by Gasteiger charge is -2.28. The van der Waals surface area contributed by atoms with Crippen LogP contribution in [0.1, 0.15) is 11.6 Å². The number of aromatic nitrogens is 1. The number of pyridine rings is 1. The Balaban J connectivity index is 1.67. The molecule has 2 aliphatic rings. The first kappa shape index (κ1) is 17.7. The molecule has 0 radical (unpaired) electrons. The van der Waals surface area contributed by atoms with Crippen molar-refractivity contribution in [3.05, 3.63) is 59.0 Å². The molecule has 2 aliphatic heterocycles. The molecule has 2 fully saturated rings. The van der Waals surface area contributed by atoms with Crippen LogP contribution >= 0.6 is 11.6 Å². The summed E-state index contributed by atoms with van der Waals surface area (Å²) in [6.45, 7) is 1.57. The van der Waals surface area contributed by atoms with Gasteiger partial charge in [0.05, 0.1) is 17.3 Å². The number of anilines is 1. The van der Waals surface area contributed by atoms with Crippen molar-refractivity contribution >= 4 is 27.4 Å². The molecular weight excluding hydrogens is 377 g/mol. The van der Waals surface area contributed by atoms with Gasteiger partial charge >= 0.3 is 0 Å². The van der Waals surface area contributed by atoms with Crippen LogP contribution in [0.5, 0.6) is 0 Å². The molecule has 2 aromatic rings. The van der Waals surface area contributed by atoms with Crippen molar-refractivity contribution < 1.29 is 12.8 Å². The number of hydrogen-bond acceptors (Lipinski definition) is 4. The summed E-state index contributed by atoms with van der Waals surface area (Å²) in [4.78, 5) is 6.04. The Bertz CT molecular complexity index is 925. The van der Waals surface area contributed by atoms with Crippen LogP contribution < -0.4 is 4.90 Å². The number of benzene rings is 1. The van der Waals surface area contributed by atoms with Crippen molar-refractivity contribution in [2.24, 2.45) is 11.8 Å². The summed E-state index contributed by atoms with van der Waals surface area (Å²) in [5.74, 6) is 0.0473. The van der Waals surface area contributed by atoms with E-state index in [0.29, 0.717) is 19.6 Å². The smallest absolute Gasteiger partial charge is 0.211 e. The van der Waals surface area contributed by atoms with Crippen LogP contribution in [-0.4, -0.2) is 43.6 Å². The third kappa shape index (κ3) is 3.08. The summed E-state index contributed by atoms with van der Waals surface area (Å²) in [6.07, 6.45) is 2.69. The molecule has 1 aromatic heterocycles. The number of sulfonamides is 1. The van der Waals surface area contributed by atoms with Crippen LogP contribution in [0.25, 0.3) is 0 Å². The highest BCUT2D eigenvalue weighted by atomic mass is 35.5. The van der Waals surface area contributed by atoms with Crippen LogP contribution in [0.4, 0.5) is 10.2 Å². The van der Waals surface area contributed by atoms with Gasteiger partial charge in [-0.25, -0.2) is 17.8 Å². The first-order chi connectivity index (χ1) is 12.3. The molecule has 0 unspecified atom stereocenters. The van der Waals surface area contributed by atoms with Gasteiger partial charge in [0, 0.05) is 31.7 Å². The maximum atomic E-state index is 14.3. The Hall–Kier alpha value is -1.70. The zero-order valence-electron chi connectivity index (χ0n) is 14.2. The fourth-order valence-electron chi connectivity index (χ4n) is 4.22. The molecule has 2 saturated heterocycles. The van der Waals surface area contributed by atoms with E-state index in [-0.39, 0.29) is 28.7 Å². The van der Waals surface area contributed by atoms with E-state index in [1.807, 2.05) is 35.2 Å². The van der Waals surface area contributed by atoms with E-state index in [1.54, 1.807) is 4.31 Å². The third-order valence-corrected chi connectivity index (χ3v) is 6.71. The molecular formula is C18H19ClFN3O2S. The molecule has 0 amide bonds. The van der Waals surface area contributed by atoms with E-state index in [1.165, 1.54) is 18.5 Å². The highest BCUT2D eigenvalue weighted by Crippen LogP contribution is 2.47. The summed E-state index contributed by atoms with van der Waals surface area (Å²) < 4.78 is 40.5. The molecule has 0 aliphatic carbocycles. The van der Waals surface area contributed by atoms with Gasteiger partial charge < -0.3 is 4.90 Å². The Morgan fingerprint density at radius 1 is 1.19 bits per heavy atom. The molecule has 0 bridgehead atoms. The van der Waals surface area contributed by atoms with Gasteiger partial charge in [-0.3, -0.25) is 0 Å². The maximum Gasteiger partial charge on any atom is 0.211 e. The topological polar surface area (TPSA) is 53.5 Å². The van der Waals surface area contributed by atoms with Crippen LogP contribution in [-0.2, 0) is 10.0 Å². The van der Waals surface area contributed by atoms with Gasteiger partial charge in [-0.05, 0) is 17.5 Å². The average Bonchev–Trinajstić information content (AvgIpc) is 3.12. The zero-order chi connectivity index (χ0) is 18.5. The largest absolute Gasteiger partial charge is 0.353 e. The van der Waals surface area contributed by atoms with E-state index < -0.39 is 15.8 Å². The third-order valence-electron chi connectivity index (χ3n) is 5.28. The second-order valence-electron chi connectivity index (χ2n) is 6.98. The summed E-state index contributed by atoms with van der Waals surface area (Å²) in [7, 11) is -3.33. The van der Waals surface area contributed by atoms with Gasteiger partial charge in [-0.15, -0.1) is 0 Å². The predicted molar refractivity (Wildman–Crippen MR) is 99.1 cm³/mol. The van der Waals surface area contributed by atoms with Crippen molar-refractivity contribution in [3.8, 4) is 0 Å². The van der Waals surface area contributed by atoms with Crippen molar-refractivity contribution in [1.82, 2.24) is 9.29 Å². The number of hydrogen-bond donors (Lipinski definition) is 0. The standard InChI is InChI=1S/C18H19ClFN3O2S/c1-26(24,25)23-10-13-9-22(18-16(20)7-14(19)8-21-18)11-15(13)17(23)12-5-3-2-4-6-12/h2-8,13,15,17H,9-11H2,1H3/t13-,15-,17+/m1/s1. The van der Waals surface area contributed by atoms with Crippen molar-refractivity contribution in [3.63, 3.8) is 0 Å². The fraction of sp³-hybridized carbons (Fsp3) is 0.389. The molecule has 8 heteroatoms. The van der Waals surface area contributed by atoms with Crippen LogP contribution in [0, 0.1) is 17.7 Å². The summed E-state index contributed by atoms with van der Waals surface area (Å²) in [5, 5.41) is 0.260. The first-order valence-corrected chi connectivity index (χ1v) is 10.6. The first-order valence-electron chi connectivity index (χ1n) is 8.42. The lowest BCUT2D eigenvalue weighted by molar-refractivity contribution is 0.351. The van der Waals surface area contributed by atoms with Crippen LogP contribution in [0.3, 0.4) is 0 Å². The average molecular weight is 396 g/mol. The van der Waals surface area contributed by atoms with Gasteiger partial charge in [0.2, 0.25) is 10.0 Å². The molecule has 138 valence electrons. The summed E-state index contributed by atoms with van der Waals surface area (Å²) in [6, 6.07) is 10.7. The van der Waals surface area contributed by atoms with Gasteiger partial charge in [0.1, 0.15) is 0 Å². The lowest BCUT2D eigenvalue weighted by atomic mass is 9.90. The minimum atomic E-state index is -3.33. The van der Waals surface area contributed by atoms with Crippen LogP contribution in [0.2, 0.25) is 5.02 Å². The Morgan fingerprint density at radius 3 is 2.58 bits per heavy atom. The highest BCUT2D eigenvalue weighted by molar-refractivity contribution is 7.88. The molecule has 3 heterocycles. The Labute approximate surface area is 157 Å². The molecule has 1 aromatic carbocycles. The summed E-state index contributed by atoms with van der Waals surface area (Å²) in [5.41, 5.74) is 0.969. The highest BCUT2D eigenvalue weighted by Gasteiger charge is 2.50. The number of halogens is 2. The van der Waals surface area contributed by atoms with Gasteiger partial charge in [0.15, 0.2) is 11.6 Å². The minimum absolute atomic E-state index is 0.0870. The molecule has 0 saturated carbocycles. The zero-order valence-corrected chi connectivity index (χ0v) is 15.8. The number of fused-ring (bicyclic) bond motifs is 1. The molecule has 4 rings (SSSR count). The van der Waals surface area contributed by atoms with E-state index >= 15 is 0 Å². The maximum absolute atomic E-state index is 14.3. The van der Waals surface area contributed by atoms with Gasteiger partial charge in [0.25, 0.3) is 0 Å². The van der Waals surface area contributed by atoms with E-state index in [9.17, 15) is 12.8 Å².